The van der Waals surface area contributed by atoms with E-state index < -0.39 is 0 Å². The Morgan fingerprint density at radius 1 is 1.39 bits per heavy atom. The summed E-state index contributed by atoms with van der Waals surface area (Å²) in [4.78, 5) is 13.8. The van der Waals surface area contributed by atoms with Crippen molar-refractivity contribution in [3.05, 3.63) is 0 Å². The van der Waals surface area contributed by atoms with Crippen LogP contribution in [-0.2, 0) is 9.53 Å². The molecule has 0 saturated heterocycles. The van der Waals surface area contributed by atoms with Crippen LogP contribution < -0.4 is 11.1 Å². The minimum Gasteiger partial charge on any atom is -0.383 e. The summed E-state index contributed by atoms with van der Waals surface area (Å²) in [6.45, 7) is 9.18. The molecule has 108 valence electrons. The van der Waals surface area contributed by atoms with Crippen molar-refractivity contribution in [2.24, 2.45) is 11.1 Å². The monoisotopic (exact) mass is 259 g/mol. The first kappa shape index (κ1) is 17.4. The van der Waals surface area contributed by atoms with Gasteiger partial charge in [-0.25, -0.2) is 0 Å². The van der Waals surface area contributed by atoms with Crippen LogP contribution in [-0.4, -0.2) is 57.2 Å². The molecule has 0 radical (unpaired) electrons. The molecule has 0 fully saturated rings. The molecule has 0 aliphatic carbocycles. The molecule has 0 saturated carbocycles. The van der Waals surface area contributed by atoms with Crippen LogP contribution in [0, 0.1) is 5.41 Å². The van der Waals surface area contributed by atoms with Gasteiger partial charge in [-0.15, -0.1) is 0 Å². The van der Waals surface area contributed by atoms with Gasteiger partial charge in [0.05, 0.1) is 6.61 Å². The van der Waals surface area contributed by atoms with Gasteiger partial charge in [0.1, 0.15) is 0 Å². The summed E-state index contributed by atoms with van der Waals surface area (Å²) in [5.74, 6) is 0.0255. The first-order chi connectivity index (χ1) is 8.27. The third kappa shape index (κ3) is 8.44. The second-order valence-electron chi connectivity index (χ2n) is 5.82. The minimum absolute atomic E-state index is 0.0255. The van der Waals surface area contributed by atoms with Gasteiger partial charge in [0.2, 0.25) is 5.91 Å². The summed E-state index contributed by atoms with van der Waals surface area (Å²) < 4.78 is 4.98. The van der Waals surface area contributed by atoms with E-state index in [1.807, 2.05) is 27.8 Å². The van der Waals surface area contributed by atoms with Crippen LogP contribution in [0.1, 0.15) is 27.2 Å². The highest BCUT2D eigenvalue weighted by atomic mass is 16.5. The molecule has 0 bridgehead atoms. The largest absolute Gasteiger partial charge is 0.383 e. The highest BCUT2D eigenvalue weighted by molar-refractivity contribution is 5.76. The van der Waals surface area contributed by atoms with Crippen LogP contribution in [0.25, 0.3) is 0 Å². The zero-order valence-electron chi connectivity index (χ0n) is 12.5. The molecule has 0 spiro atoms. The predicted octanol–water partition coefficient (Wildman–Crippen LogP) is 0.444. The fraction of sp³-hybridized carbons (Fsp3) is 0.923. The van der Waals surface area contributed by atoms with Gasteiger partial charge in [-0.1, -0.05) is 20.8 Å². The standard InChI is InChI=1S/C13H29N3O2/c1-13(2,3)11(14)10-12(17)15-6-7-16(4)8-9-18-5/h11H,6-10,14H2,1-5H3,(H,15,17). The molecule has 0 aromatic carbocycles. The average Bonchev–Trinajstić information content (AvgIpc) is 2.24. The lowest BCUT2D eigenvalue weighted by molar-refractivity contribution is -0.122. The lowest BCUT2D eigenvalue weighted by atomic mass is 9.85. The summed E-state index contributed by atoms with van der Waals surface area (Å²) in [6.07, 6.45) is 0.380. The van der Waals surface area contributed by atoms with E-state index in [2.05, 4.69) is 10.2 Å². The fourth-order valence-corrected chi connectivity index (χ4v) is 1.32. The van der Waals surface area contributed by atoms with Gasteiger partial charge < -0.3 is 20.7 Å². The predicted molar refractivity (Wildman–Crippen MR) is 74.4 cm³/mol. The van der Waals surface area contributed by atoms with E-state index in [0.717, 1.165) is 13.1 Å². The lowest BCUT2D eigenvalue weighted by Crippen LogP contribution is -2.41. The van der Waals surface area contributed by atoms with Gasteiger partial charge in [-0.05, 0) is 12.5 Å². The maximum Gasteiger partial charge on any atom is 0.221 e. The lowest BCUT2D eigenvalue weighted by Gasteiger charge is -2.26. The highest BCUT2D eigenvalue weighted by Crippen LogP contribution is 2.19. The molecule has 1 amide bonds. The Morgan fingerprint density at radius 3 is 2.50 bits per heavy atom. The molecule has 0 aliphatic rings. The molecule has 0 heterocycles. The molecular formula is C13H29N3O2. The maximum atomic E-state index is 11.7. The number of rotatable bonds is 8. The number of methoxy groups -OCH3 is 1. The van der Waals surface area contributed by atoms with Gasteiger partial charge in [-0.2, -0.15) is 0 Å². The molecule has 5 nitrogen and oxygen atoms in total. The van der Waals surface area contributed by atoms with Gasteiger partial charge in [0.15, 0.2) is 0 Å². The normalized spacial score (nSPS) is 13.7. The molecule has 5 heteroatoms. The van der Waals surface area contributed by atoms with Crippen molar-refractivity contribution in [3.63, 3.8) is 0 Å². The third-order valence-corrected chi connectivity index (χ3v) is 3.01. The van der Waals surface area contributed by atoms with E-state index in [9.17, 15) is 4.79 Å². The highest BCUT2D eigenvalue weighted by Gasteiger charge is 2.22. The zero-order chi connectivity index (χ0) is 14.2. The van der Waals surface area contributed by atoms with E-state index in [1.165, 1.54) is 0 Å². The van der Waals surface area contributed by atoms with Crippen molar-refractivity contribution in [2.75, 3.05) is 40.4 Å². The van der Waals surface area contributed by atoms with Crippen LogP contribution >= 0.6 is 0 Å². The Kier molecular flexibility index (Phi) is 8.15. The number of hydrogen-bond acceptors (Lipinski definition) is 4. The number of hydrogen-bond donors (Lipinski definition) is 2. The van der Waals surface area contributed by atoms with Gasteiger partial charge >= 0.3 is 0 Å². The van der Waals surface area contributed by atoms with Gasteiger partial charge in [-0.3, -0.25) is 4.79 Å². The molecule has 0 aromatic heterocycles. The van der Waals surface area contributed by atoms with Crippen molar-refractivity contribution in [1.29, 1.82) is 0 Å². The van der Waals surface area contributed by atoms with E-state index in [1.54, 1.807) is 7.11 Å². The van der Waals surface area contributed by atoms with Crippen LogP contribution in [0.3, 0.4) is 0 Å². The molecule has 18 heavy (non-hydrogen) atoms. The molecule has 0 rings (SSSR count). The number of carbonyl (C=O) groups excluding carboxylic acids is 1. The Labute approximate surface area is 111 Å². The summed E-state index contributed by atoms with van der Waals surface area (Å²) in [5.41, 5.74) is 5.93. The molecule has 1 atom stereocenters. The second kappa shape index (κ2) is 8.45. The number of amides is 1. The number of nitrogens with one attached hydrogen (secondary N) is 1. The van der Waals surface area contributed by atoms with Crippen LogP contribution in [0.15, 0.2) is 0 Å². The number of likely N-dealkylation sites (N-methyl/N-ethyl adjacent to an activating group) is 1. The number of carbonyl (C=O) groups is 1. The Morgan fingerprint density at radius 2 is 2.00 bits per heavy atom. The van der Waals surface area contributed by atoms with Gasteiger partial charge in [0.25, 0.3) is 0 Å². The molecule has 0 aromatic rings. The Balaban J connectivity index is 3.71. The fourth-order valence-electron chi connectivity index (χ4n) is 1.32. The summed E-state index contributed by atoms with van der Waals surface area (Å²) in [5, 5.41) is 2.89. The van der Waals surface area contributed by atoms with E-state index in [-0.39, 0.29) is 17.4 Å². The SMILES string of the molecule is COCCN(C)CCNC(=O)CC(N)C(C)(C)C. The Bertz CT molecular complexity index is 239. The van der Waals surface area contributed by atoms with Crippen molar-refractivity contribution < 1.29 is 9.53 Å². The van der Waals surface area contributed by atoms with E-state index in [0.29, 0.717) is 19.6 Å². The number of nitrogens with zero attached hydrogens (tertiary/aromatic N) is 1. The van der Waals surface area contributed by atoms with E-state index in [4.69, 9.17) is 10.5 Å². The third-order valence-electron chi connectivity index (χ3n) is 3.01. The first-order valence-electron chi connectivity index (χ1n) is 6.47. The molecular weight excluding hydrogens is 230 g/mol. The Hall–Kier alpha value is -0.650. The zero-order valence-corrected chi connectivity index (χ0v) is 12.5. The molecule has 3 N–H and O–H groups in total. The van der Waals surface area contributed by atoms with Crippen LogP contribution in [0.5, 0.6) is 0 Å². The average molecular weight is 259 g/mol. The smallest absolute Gasteiger partial charge is 0.221 e. The second-order valence-corrected chi connectivity index (χ2v) is 5.82. The van der Waals surface area contributed by atoms with Crippen molar-refractivity contribution in [1.82, 2.24) is 10.2 Å². The number of ether oxygens (including phenoxy) is 1. The first-order valence-corrected chi connectivity index (χ1v) is 6.47. The van der Waals surface area contributed by atoms with Crippen molar-refractivity contribution in [2.45, 2.75) is 33.2 Å². The number of nitrogens with two attached hydrogens (primary N) is 1. The topological polar surface area (TPSA) is 67.6 Å². The van der Waals surface area contributed by atoms with E-state index >= 15 is 0 Å². The van der Waals surface area contributed by atoms with Crippen molar-refractivity contribution >= 4 is 5.91 Å². The van der Waals surface area contributed by atoms with Crippen molar-refractivity contribution in [3.8, 4) is 0 Å². The summed E-state index contributed by atoms with van der Waals surface area (Å²) >= 11 is 0. The summed E-state index contributed by atoms with van der Waals surface area (Å²) in [7, 11) is 3.69. The van der Waals surface area contributed by atoms with Crippen LogP contribution in [0.4, 0.5) is 0 Å². The quantitative estimate of drug-likeness (QED) is 0.664. The molecule has 1 unspecified atom stereocenters. The minimum atomic E-state index is -0.108. The van der Waals surface area contributed by atoms with Gasteiger partial charge in [0, 0.05) is 39.2 Å². The van der Waals surface area contributed by atoms with Crippen LogP contribution in [0.2, 0.25) is 0 Å². The summed E-state index contributed by atoms with van der Waals surface area (Å²) in [6, 6.07) is -0.108. The maximum absolute atomic E-state index is 11.7. The molecule has 0 aliphatic heterocycles.